The number of hydrogen-bond donors (Lipinski definition) is 0. The number of benzene rings is 2. The predicted molar refractivity (Wildman–Crippen MR) is 132 cm³/mol. The van der Waals surface area contributed by atoms with E-state index in [4.69, 9.17) is 18.9 Å². The summed E-state index contributed by atoms with van der Waals surface area (Å²) in [5.74, 6) is -1.30. The molecule has 6 nitrogen and oxygen atoms in total. The average Bonchev–Trinajstić information content (AvgIpc) is 2.88. The number of carbonyl (C=O) groups excluding carboxylic acids is 2. The van der Waals surface area contributed by atoms with Crippen LogP contribution in [-0.2, 0) is 28.5 Å². The van der Waals surface area contributed by atoms with Crippen LogP contribution in [0.4, 0.5) is 0 Å². The molecule has 33 heavy (non-hydrogen) atoms. The summed E-state index contributed by atoms with van der Waals surface area (Å²) in [6, 6.07) is 19.0. The largest absolute Gasteiger partial charge is 1.00 e. The average molecular weight is 517 g/mol. The number of alkyl halides is 1. The number of esters is 2. The van der Waals surface area contributed by atoms with Gasteiger partial charge in [0.2, 0.25) is 0 Å². The second kappa shape index (κ2) is 12.9. The fourth-order valence-electron chi connectivity index (χ4n) is 3.94. The third-order valence-electron chi connectivity index (χ3n) is 5.70. The third-order valence-corrected chi connectivity index (χ3v) is 6.60. The van der Waals surface area contributed by atoms with E-state index in [0.717, 1.165) is 36.6 Å². The van der Waals surface area contributed by atoms with E-state index in [1.165, 1.54) is 14.2 Å². The van der Waals surface area contributed by atoms with E-state index in [9.17, 15) is 9.59 Å². The highest BCUT2D eigenvalue weighted by atomic mass is 79.9. The van der Waals surface area contributed by atoms with Crippen LogP contribution in [0.3, 0.4) is 0 Å². The van der Waals surface area contributed by atoms with Crippen LogP contribution in [0, 0.1) is 12.3 Å². The van der Waals surface area contributed by atoms with Crippen LogP contribution >= 0.6 is 15.9 Å². The van der Waals surface area contributed by atoms with Crippen molar-refractivity contribution in [1.82, 2.24) is 0 Å². The number of ether oxygens (including phenoxy) is 3. The van der Waals surface area contributed by atoms with Gasteiger partial charge in [0.15, 0.2) is 12.2 Å². The molecule has 2 aromatic rings. The molecular weight excluding hydrogens is 487 g/mol. The molecule has 1 aliphatic rings. The molecule has 1 aliphatic carbocycles. The van der Waals surface area contributed by atoms with E-state index in [1.807, 2.05) is 60.7 Å². The van der Waals surface area contributed by atoms with Gasteiger partial charge in [-0.05, 0) is 10.9 Å². The molecule has 0 aliphatic heterocycles. The maximum atomic E-state index is 12.9. The Bertz CT molecular complexity index is 842. The summed E-state index contributed by atoms with van der Waals surface area (Å²) in [5.41, 5.74) is 1.66. The molecule has 0 amide bonds. The Morgan fingerprint density at radius 3 is 1.97 bits per heavy atom. The van der Waals surface area contributed by atoms with E-state index in [0.29, 0.717) is 0 Å². The molecule has 3 rings (SSSR count). The van der Waals surface area contributed by atoms with Gasteiger partial charge in [0.05, 0.1) is 19.2 Å². The number of hydrogen-bond acceptors (Lipinski definition) is 6. The molecule has 1 fully saturated rings. The Morgan fingerprint density at radius 1 is 0.939 bits per heavy atom. The smallest absolute Gasteiger partial charge is 0.467 e. The van der Waals surface area contributed by atoms with Crippen LogP contribution in [0.1, 0.15) is 27.1 Å². The molecule has 0 saturated heterocycles. The van der Waals surface area contributed by atoms with Crippen LogP contribution in [0.15, 0.2) is 60.7 Å². The molecule has 0 bridgehead atoms. The fourth-order valence-corrected chi connectivity index (χ4v) is 4.65. The number of rotatable bonds is 10. The Kier molecular flexibility index (Phi) is 9.97. The van der Waals surface area contributed by atoms with Crippen molar-refractivity contribution in [3.05, 3.63) is 67.1 Å². The topological polar surface area (TPSA) is 71.1 Å². The molecule has 0 radical (unpaired) electrons. The van der Waals surface area contributed by atoms with Crippen LogP contribution < -0.4 is 10.9 Å². The first-order valence-electron chi connectivity index (χ1n) is 11.1. The fraction of sp³-hybridized carbons (Fsp3) is 0.400. The van der Waals surface area contributed by atoms with Gasteiger partial charge in [-0.25, -0.2) is 9.59 Å². The Hall–Kier alpha value is -2.16. The SMILES string of the molecule is COC(=O)[C@H](OB(c1ccccc1)c1ccccc1)[C@@H](O[C@@H](Br)[C@H]1[CH-]CCCC1)C(=O)OC.[H+]. The monoisotopic (exact) mass is 516 g/mol. The quantitative estimate of drug-likeness (QED) is 0.209. The van der Waals surface area contributed by atoms with Crippen LogP contribution in [0.5, 0.6) is 0 Å². The standard InChI is InChI=1S/C25H29BBrO6/c1-30-24(28)21(32-23(27)18-12-6-3-7-13-18)22(25(29)31-2)33-26(19-14-8-4-9-15-19)20-16-10-5-11-17-20/h4-5,8-12,14-18,21-23H,3,6-7,13H2,1-2H3/q-1/p+1/t18-,21+,22+,23+/m0/s1. The maximum Gasteiger partial charge on any atom is 1.00 e. The van der Waals surface area contributed by atoms with Crippen molar-refractivity contribution in [2.24, 2.45) is 5.92 Å². The highest BCUT2D eigenvalue weighted by Crippen LogP contribution is 2.31. The Morgan fingerprint density at radius 2 is 1.48 bits per heavy atom. The normalized spacial score (nSPS) is 18.6. The lowest BCUT2D eigenvalue weighted by atomic mass is 9.55. The minimum absolute atomic E-state index is 0. The van der Waals surface area contributed by atoms with Gasteiger partial charge in [0.25, 0.3) is 0 Å². The first kappa shape index (κ1) is 25.5. The van der Waals surface area contributed by atoms with Crippen molar-refractivity contribution in [3.8, 4) is 0 Å². The van der Waals surface area contributed by atoms with Crippen molar-refractivity contribution < 1.29 is 29.9 Å². The first-order chi connectivity index (χ1) is 16.0. The molecule has 0 N–H and O–H groups in total. The minimum atomic E-state index is -1.34. The van der Waals surface area contributed by atoms with Gasteiger partial charge in [-0.3, -0.25) is 0 Å². The summed E-state index contributed by atoms with van der Waals surface area (Å²) in [4.78, 5) is 25.7. The number of carbonyl (C=O) groups is 2. The molecule has 4 atom stereocenters. The lowest BCUT2D eigenvalue weighted by Crippen LogP contribution is -2.55. The van der Waals surface area contributed by atoms with Gasteiger partial charge in [0.1, 0.15) is 0 Å². The van der Waals surface area contributed by atoms with E-state index in [2.05, 4.69) is 22.4 Å². The predicted octanol–water partition coefficient (Wildman–Crippen LogP) is 3.14. The van der Waals surface area contributed by atoms with Gasteiger partial charge in [-0.15, -0.1) is 5.92 Å². The highest BCUT2D eigenvalue weighted by Gasteiger charge is 2.42. The summed E-state index contributed by atoms with van der Waals surface area (Å²) in [7, 11) is 2.52. The maximum absolute atomic E-state index is 12.9. The van der Waals surface area contributed by atoms with Gasteiger partial charge < -0.3 is 25.3 Å². The summed E-state index contributed by atoms with van der Waals surface area (Å²) < 4.78 is 22.4. The third kappa shape index (κ3) is 6.92. The van der Waals surface area contributed by atoms with Gasteiger partial charge in [0, 0.05) is 0 Å². The van der Waals surface area contributed by atoms with Crippen LogP contribution in [0.2, 0.25) is 0 Å². The highest BCUT2D eigenvalue weighted by molar-refractivity contribution is 9.09. The molecule has 8 heteroatoms. The Labute approximate surface area is 205 Å². The summed E-state index contributed by atoms with van der Waals surface area (Å²) in [6.07, 6.45) is 3.68. The molecule has 2 aromatic carbocycles. The second-order valence-corrected chi connectivity index (χ2v) is 8.80. The molecule has 176 valence electrons. The summed E-state index contributed by atoms with van der Waals surface area (Å²) >= 11 is 3.56. The molecule has 0 spiro atoms. The van der Waals surface area contributed by atoms with Crippen molar-refractivity contribution in [3.63, 3.8) is 0 Å². The number of methoxy groups -OCH3 is 2. The molecular formula is C25H30BBrO6. The molecule has 0 unspecified atom stereocenters. The zero-order chi connectivity index (χ0) is 23.6. The zero-order valence-electron chi connectivity index (χ0n) is 19.9. The minimum Gasteiger partial charge on any atom is -0.467 e. The zero-order valence-corrected chi connectivity index (χ0v) is 20.5. The van der Waals surface area contributed by atoms with Crippen molar-refractivity contribution in [2.45, 2.75) is 42.9 Å². The van der Waals surface area contributed by atoms with E-state index < -0.39 is 36.1 Å². The number of halogens is 1. The lowest BCUT2D eigenvalue weighted by Gasteiger charge is -2.37. The van der Waals surface area contributed by atoms with Crippen molar-refractivity contribution in [2.75, 3.05) is 14.2 Å². The van der Waals surface area contributed by atoms with Gasteiger partial charge in [-0.1, -0.05) is 95.9 Å². The Balaban J connectivity index is 0.00000408. The molecule has 1 saturated carbocycles. The molecule has 0 heterocycles. The van der Waals surface area contributed by atoms with Gasteiger partial charge >= 0.3 is 20.3 Å². The second-order valence-electron chi connectivity index (χ2n) is 7.90. The van der Waals surface area contributed by atoms with E-state index >= 15 is 0 Å². The molecule has 0 aromatic heterocycles. The van der Waals surface area contributed by atoms with Crippen molar-refractivity contribution >= 4 is 45.7 Å². The van der Waals surface area contributed by atoms with E-state index in [-0.39, 0.29) is 7.34 Å². The van der Waals surface area contributed by atoms with Crippen LogP contribution in [0.25, 0.3) is 0 Å². The van der Waals surface area contributed by atoms with Gasteiger partial charge in [-0.2, -0.15) is 6.42 Å². The lowest BCUT2D eigenvalue weighted by molar-refractivity contribution is -0.175. The van der Waals surface area contributed by atoms with Crippen molar-refractivity contribution in [1.29, 1.82) is 0 Å². The van der Waals surface area contributed by atoms with E-state index in [1.54, 1.807) is 0 Å². The first-order valence-corrected chi connectivity index (χ1v) is 12.0. The summed E-state index contributed by atoms with van der Waals surface area (Å²) in [6.45, 7) is -0.623. The van der Waals surface area contributed by atoms with Crippen LogP contribution in [-0.4, -0.2) is 50.3 Å². The summed E-state index contributed by atoms with van der Waals surface area (Å²) in [5, 5.41) is -0.468.